The molecule has 0 saturated carbocycles. The zero-order chi connectivity index (χ0) is 17.4. The number of carbonyl (C=O) groups excluding carboxylic acids is 2. The molecule has 0 amide bonds. The number of hydrogen-bond donors (Lipinski definition) is 2. The van der Waals surface area contributed by atoms with Crippen LogP contribution >= 0.6 is 0 Å². The SMILES string of the molecule is CNc1ccc(C=CC(=O)CC(=O)C=Cc2ccc(O)cc2)cc1. The van der Waals surface area contributed by atoms with E-state index in [1.807, 2.05) is 31.3 Å². The average molecular weight is 321 g/mol. The number of aromatic hydroxyl groups is 1. The van der Waals surface area contributed by atoms with Crippen LogP contribution in [0.4, 0.5) is 5.69 Å². The molecule has 122 valence electrons. The molecule has 0 unspecified atom stereocenters. The van der Waals surface area contributed by atoms with Crippen LogP contribution in [0.25, 0.3) is 12.2 Å². The lowest BCUT2D eigenvalue weighted by Crippen LogP contribution is -2.01. The summed E-state index contributed by atoms with van der Waals surface area (Å²) in [6.45, 7) is 0. The lowest BCUT2D eigenvalue weighted by Gasteiger charge is -1.99. The van der Waals surface area contributed by atoms with Crippen molar-refractivity contribution in [2.24, 2.45) is 0 Å². The van der Waals surface area contributed by atoms with Crippen molar-refractivity contribution in [1.29, 1.82) is 0 Å². The Morgan fingerprint density at radius 1 is 0.875 bits per heavy atom. The second kappa shape index (κ2) is 8.48. The van der Waals surface area contributed by atoms with Gasteiger partial charge in [0.1, 0.15) is 5.75 Å². The molecule has 0 aliphatic carbocycles. The van der Waals surface area contributed by atoms with E-state index < -0.39 is 0 Å². The highest BCUT2D eigenvalue weighted by molar-refractivity contribution is 6.10. The first-order chi connectivity index (χ1) is 11.6. The normalized spacial score (nSPS) is 11.0. The smallest absolute Gasteiger partial charge is 0.163 e. The van der Waals surface area contributed by atoms with Gasteiger partial charge in [0.2, 0.25) is 0 Å². The van der Waals surface area contributed by atoms with Crippen LogP contribution in [-0.4, -0.2) is 23.7 Å². The van der Waals surface area contributed by atoms with Crippen LogP contribution in [0.2, 0.25) is 0 Å². The molecule has 2 aromatic rings. The molecule has 0 aliphatic heterocycles. The Morgan fingerprint density at radius 2 is 1.33 bits per heavy atom. The van der Waals surface area contributed by atoms with E-state index in [4.69, 9.17) is 0 Å². The molecule has 0 spiro atoms. The van der Waals surface area contributed by atoms with Crippen LogP contribution in [0.15, 0.2) is 60.7 Å². The molecule has 0 aromatic heterocycles. The standard InChI is InChI=1S/C20H19NO3/c1-21-17-8-2-15(3-9-17)6-12-19(23)14-20(24)13-7-16-4-10-18(22)11-5-16/h2-13,21-22H,14H2,1H3. The summed E-state index contributed by atoms with van der Waals surface area (Å²) in [6, 6.07) is 14.1. The first-order valence-electron chi connectivity index (χ1n) is 7.55. The highest BCUT2D eigenvalue weighted by Crippen LogP contribution is 2.11. The van der Waals surface area contributed by atoms with E-state index in [1.54, 1.807) is 24.3 Å². The van der Waals surface area contributed by atoms with E-state index in [1.165, 1.54) is 24.3 Å². The largest absolute Gasteiger partial charge is 0.508 e. The van der Waals surface area contributed by atoms with Crippen molar-refractivity contribution >= 4 is 29.4 Å². The Morgan fingerprint density at radius 3 is 1.79 bits per heavy atom. The fourth-order valence-corrected chi connectivity index (χ4v) is 2.01. The second-order valence-electron chi connectivity index (χ2n) is 5.24. The van der Waals surface area contributed by atoms with Gasteiger partial charge in [0.25, 0.3) is 0 Å². The molecule has 4 nitrogen and oxygen atoms in total. The Bertz CT molecular complexity index is 756. The van der Waals surface area contributed by atoms with Gasteiger partial charge in [-0.1, -0.05) is 36.4 Å². The van der Waals surface area contributed by atoms with Crippen molar-refractivity contribution in [3.05, 3.63) is 71.8 Å². The van der Waals surface area contributed by atoms with Crippen molar-refractivity contribution in [3.63, 3.8) is 0 Å². The first kappa shape index (κ1) is 17.2. The van der Waals surface area contributed by atoms with Gasteiger partial charge in [-0.2, -0.15) is 0 Å². The van der Waals surface area contributed by atoms with Crippen molar-refractivity contribution in [3.8, 4) is 5.75 Å². The Kier molecular flexibility index (Phi) is 6.08. The number of phenolic OH excluding ortho intramolecular Hbond substituents is 1. The minimum absolute atomic E-state index is 0.167. The van der Waals surface area contributed by atoms with Gasteiger partial charge in [-0.15, -0.1) is 0 Å². The predicted molar refractivity (Wildman–Crippen MR) is 96.8 cm³/mol. The quantitative estimate of drug-likeness (QED) is 0.603. The van der Waals surface area contributed by atoms with Gasteiger partial charge in [-0.25, -0.2) is 0 Å². The summed E-state index contributed by atoms with van der Waals surface area (Å²) in [5.41, 5.74) is 2.68. The molecule has 2 N–H and O–H groups in total. The fourth-order valence-electron chi connectivity index (χ4n) is 2.01. The number of rotatable bonds is 7. The van der Waals surface area contributed by atoms with E-state index in [-0.39, 0.29) is 23.7 Å². The minimum Gasteiger partial charge on any atom is -0.508 e. The van der Waals surface area contributed by atoms with Crippen LogP contribution in [0.5, 0.6) is 5.75 Å². The predicted octanol–water partition coefficient (Wildman–Crippen LogP) is 3.69. The molecule has 4 heteroatoms. The Hall–Kier alpha value is -3.14. The molecule has 0 saturated heterocycles. The zero-order valence-electron chi connectivity index (χ0n) is 13.4. The van der Waals surface area contributed by atoms with Crippen LogP contribution in [0.3, 0.4) is 0 Å². The number of hydrogen-bond acceptors (Lipinski definition) is 4. The molecule has 0 heterocycles. The maximum atomic E-state index is 11.8. The fraction of sp³-hybridized carbons (Fsp3) is 0.100. The molecule has 2 rings (SSSR count). The topological polar surface area (TPSA) is 66.4 Å². The molecule has 2 aromatic carbocycles. The molecule has 0 bridgehead atoms. The van der Waals surface area contributed by atoms with Gasteiger partial charge in [0, 0.05) is 12.7 Å². The summed E-state index contributed by atoms with van der Waals surface area (Å²) < 4.78 is 0. The number of carbonyl (C=O) groups is 2. The van der Waals surface area contributed by atoms with Crippen molar-refractivity contribution in [2.75, 3.05) is 12.4 Å². The molecule has 0 fully saturated rings. The van der Waals surface area contributed by atoms with Crippen molar-refractivity contribution < 1.29 is 14.7 Å². The van der Waals surface area contributed by atoms with Gasteiger partial charge >= 0.3 is 0 Å². The van der Waals surface area contributed by atoms with E-state index in [0.29, 0.717) is 0 Å². The number of anilines is 1. The summed E-state index contributed by atoms with van der Waals surface area (Å²) in [5, 5.41) is 12.2. The van der Waals surface area contributed by atoms with Crippen LogP contribution in [0.1, 0.15) is 17.5 Å². The third kappa shape index (κ3) is 5.57. The minimum atomic E-state index is -0.261. The van der Waals surface area contributed by atoms with Gasteiger partial charge in [0.15, 0.2) is 11.6 Å². The van der Waals surface area contributed by atoms with Crippen molar-refractivity contribution in [1.82, 2.24) is 0 Å². The first-order valence-corrected chi connectivity index (χ1v) is 7.55. The summed E-state index contributed by atoms with van der Waals surface area (Å²) in [7, 11) is 1.84. The van der Waals surface area contributed by atoms with E-state index >= 15 is 0 Å². The average Bonchev–Trinajstić information content (AvgIpc) is 2.60. The van der Waals surface area contributed by atoms with E-state index in [2.05, 4.69) is 5.32 Å². The lowest BCUT2D eigenvalue weighted by molar-refractivity contribution is -0.121. The summed E-state index contributed by atoms with van der Waals surface area (Å²) in [6.07, 6.45) is 5.94. The third-order valence-electron chi connectivity index (χ3n) is 3.36. The zero-order valence-corrected chi connectivity index (χ0v) is 13.4. The Labute approximate surface area is 141 Å². The van der Waals surface area contributed by atoms with Gasteiger partial charge in [-0.3, -0.25) is 9.59 Å². The number of benzene rings is 2. The second-order valence-corrected chi connectivity index (χ2v) is 5.24. The summed E-state index contributed by atoms with van der Waals surface area (Å²) in [5.74, 6) is -0.335. The maximum Gasteiger partial charge on any atom is 0.163 e. The van der Waals surface area contributed by atoms with Crippen LogP contribution in [-0.2, 0) is 9.59 Å². The number of allylic oxidation sites excluding steroid dienone is 2. The third-order valence-corrected chi connectivity index (χ3v) is 3.36. The molecule has 0 aliphatic rings. The maximum absolute atomic E-state index is 11.8. The van der Waals surface area contributed by atoms with E-state index in [0.717, 1.165) is 16.8 Å². The molecule has 0 atom stereocenters. The number of phenols is 1. The monoisotopic (exact) mass is 321 g/mol. The molecule has 0 radical (unpaired) electrons. The van der Waals surface area contributed by atoms with Crippen LogP contribution in [0, 0.1) is 0 Å². The highest BCUT2D eigenvalue weighted by atomic mass is 16.3. The molecular weight excluding hydrogens is 302 g/mol. The Balaban J connectivity index is 1.87. The number of nitrogens with one attached hydrogen (secondary N) is 1. The highest BCUT2D eigenvalue weighted by Gasteiger charge is 2.03. The molecule has 24 heavy (non-hydrogen) atoms. The summed E-state index contributed by atoms with van der Waals surface area (Å²) in [4.78, 5) is 23.6. The van der Waals surface area contributed by atoms with Gasteiger partial charge < -0.3 is 10.4 Å². The number of ketones is 2. The summed E-state index contributed by atoms with van der Waals surface area (Å²) >= 11 is 0. The van der Waals surface area contributed by atoms with Crippen LogP contribution < -0.4 is 5.32 Å². The lowest BCUT2D eigenvalue weighted by atomic mass is 10.1. The van der Waals surface area contributed by atoms with E-state index in [9.17, 15) is 14.7 Å². The van der Waals surface area contributed by atoms with Gasteiger partial charge in [-0.05, 0) is 47.5 Å². The molecular formula is C20H19NO3. The van der Waals surface area contributed by atoms with Crippen molar-refractivity contribution in [2.45, 2.75) is 6.42 Å². The van der Waals surface area contributed by atoms with Gasteiger partial charge in [0.05, 0.1) is 6.42 Å².